The second-order valence-corrected chi connectivity index (χ2v) is 6.86. The number of hydrogen-bond donors (Lipinski definition) is 0. The molecule has 2 rings (SSSR count). The number of carbonyl (C=O) groups excluding carboxylic acids is 1. The van der Waals surface area contributed by atoms with Gasteiger partial charge in [-0.2, -0.15) is 8.78 Å². The molecular formula is C19H21F2NO2S. The fourth-order valence-electron chi connectivity index (χ4n) is 2.42. The molecule has 0 saturated carbocycles. The number of aryl methyl sites for hydroxylation is 2. The van der Waals surface area contributed by atoms with E-state index < -0.39 is 5.76 Å². The van der Waals surface area contributed by atoms with Gasteiger partial charge >= 0.3 is 0 Å². The number of halogens is 2. The largest absolute Gasteiger partial charge is 0.492 e. The Morgan fingerprint density at radius 1 is 1.12 bits per heavy atom. The number of rotatable bonds is 7. The highest BCUT2D eigenvalue weighted by Gasteiger charge is 2.12. The fourth-order valence-corrected chi connectivity index (χ4v) is 2.92. The van der Waals surface area contributed by atoms with Crippen LogP contribution in [0.1, 0.15) is 21.5 Å². The van der Waals surface area contributed by atoms with Crippen LogP contribution in [0.15, 0.2) is 47.4 Å². The molecule has 3 nitrogen and oxygen atoms in total. The molecule has 2 aromatic carbocycles. The Kier molecular flexibility index (Phi) is 6.82. The maximum absolute atomic E-state index is 12.3. The number of amides is 1. The molecule has 0 aliphatic rings. The molecule has 0 atom stereocenters. The Hall–Kier alpha value is -2.08. The summed E-state index contributed by atoms with van der Waals surface area (Å²) in [6, 6.07) is 12.2. The summed E-state index contributed by atoms with van der Waals surface area (Å²) in [5.74, 6) is -1.85. The molecule has 0 unspecified atom stereocenters. The van der Waals surface area contributed by atoms with Gasteiger partial charge in [0.15, 0.2) is 0 Å². The molecule has 0 N–H and O–H groups in total. The quantitative estimate of drug-likeness (QED) is 0.662. The van der Waals surface area contributed by atoms with E-state index in [2.05, 4.69) is 6.07 Å². The number of benzene rings is 2. The Balaban J connectivity index is 1.87. The third-order valence-electron chi connectivity index (χ3n) is 3.56. The van der Waals surface area contributed by atoms with Crippen LogP contribution in [-0.4, -0.2) is 36.8 Å². The van der Waals surface area contributed by atoms with E-state index >= 15 is 0 Å². The number of hydrogen-bond acceptors (Lipinski definition) is 3. The van der Waals surface area contributed by atoms with Crippen LogP contribution >= 0.6 is 11.8 Å². The second kappa shape index (κ2) is 8.85. The van der Waals surface area contributed by atoms with Crippen LogP contribution in [-0.2, 0) is 0 Å². The standard InChI is InChI=1S/C19H21F2NO2S/c1-13-10-14(2)12-16(11-13)24-9-8-22(3)18(23)15-4-6-17(7-5-15)25-19(20)21/h4-7,10-12,19H,8-9H2,1-3H3. The van der Waals surface area contributed by atoms with Gasteiger partial charge in [0.1, 0.15) is 12.4 Å². The lowest BCUT2D eigenvalue weighted by Gasteiger charge is -2.18. The van der Waals surface area contributed by atoms with Gasteiger partial charge in [-0.05, 0) is 61.4 Å². The first-order chi connectivity index (χ1) is 11.8. The van der Waals surface area contributed by atoms with Crippen molar-refractivity contribution in [1.29, 1.82) is 0 Å². The van der Waals surface area contributed by atoms with Gasteiger partial charge in [-0.15, -0.1) is 0 Å². The van der Waals surface area contributed by atoms with Gasteiger partial charge in [0.2, 0.25) is 0 Å². The summed E-state index contributed by atoms with van der Waals surface area (Å²) < 4.78 is 30.3. The van der Waals surface area contributed by atoms with Gasteiger partial charge in [0.25, 0.3) is 11.7 Å². The first-order valence-corrected chi connectivity index (χ1v) is 8.74. The molecule has 0 aromatic heterocycles. The maximum atomic E-state index is 12.3. The third kappa shape index (κ3) is 6.05. The molecule has 0 saturated heterocycles. The molecule has 2 aromatic rings. The molecule has 134 valence electrons. The molecule has 6 heteroatoms. The first kappa shape index (κ1) is 19.2. The monoisotopic (exact) mass is 365 g/mol. The number of thioether (sulfide) groups is 1. The van der Waals surface area contributed by atoms with Crippen LogP contribution in [0.3, 0.4) is 0 Å². The summed E-state index contributed by atoms with van der Waals surface area (Å²) in [4.78, 5) is 14.3. The molecule has 0 aliphatic carbocycles. The summed E-state index contributed by atoms with van der Waals surface area (Å²) in [6.45, 7) is 4.82. The van der Waals surface area contributed by atoms with Gasteiger partial charge in [0, 0.05) is 17.5 Å². The van der Waals surface area contributed by atoms with Gasteiger partial charge in [-0.3, -0.25) is 4.79 Å². The van der Waals surface area contributed by atoms with E-state index in [4.69, 9.17) is 4.74 Å². The van der Waals surface area contributed by atoms with Gasteiger partial charge < -0.3 is 9.64 Å². The molecule has 0 heterocycles. The average Bonchev–Trinajstić information content (AvgIpc) is 2.53. The van der Waals surface area contributed by atoms with Crippen molar-refractivity contribution in [1.82, 2.24) is 4.90 Å². The number of nitrogens with zero attached hydrogens (tertiary/aromatic N) is 1. The van der Waals surface area contributed by atoms with E-state index in [1.54, 1.807) is 24.1 Å². The Morgan fingerprint density at radius 2 is 1.72 bits per heavy atom. The fraction of sp³-hybridized carbons (Fsp3) is 0.316. The Bertz CT molecular complexity index is 700. The lowest BCUT2D eigenvalue weighted by molar-refractivity contribution is 0.0773. The van der Waals surface area contributed by atoms with Crippen molar-refractivity contribution in [3.05, 3.63) is 59.2 Å². The van der Waals surface area contributed by atoms with Crippen LogP contribution in [0.5, 0.6) is 5.75 Å². The van der Waals surface area contributed by atoms with Crippen molar-refractivity contribution in [3.8, 4) is 5.75 Å². The molecule has 25 heavy (non-hydrogen) atoms. The third-order valence-corrected chi connectivity index (χ3v) is 4.29. The molecule has 0 bridgehead atoms. The summed E-state index contributed by atoms with van der Waals surface area (Å²) in [5.41, 5.74) is 2.72. The maximum Gasteiger partial charge on any atom is 0.288 e. The van der Waals surface area contributed by atoms with E-state index in [0.29, 0.717) is 35.4 Å². The van der Waals surface area contributed by atoms with Gasteiger partial charge in [0.05, 0.1) is 6.54 Å². The van der Waals surface area contributed by atoms with Crippen LogP contribution < -0.4 is 4.74 Å². The SMILES string of the molecule is Cc1cc(C)cc(OCCN(C)C(=O)c2ccc(SC(F)F)cc2)c1. The predicted octanol–water partition coefficient (Wildman–Crippen LogP) is 4.77. The zero-order valence-electron chi connectivity index (χ0n) is 14.5. The van der Waals surface area contributed by atoms with Crippen molar-refractivity contribution in [2.75, 3.05) is 20.2 Å². The number of likely N-dealkylation sites (N-methyl/N-ethyl adjacent to an activating group) is 1. The zero-order chi connectivity index (χ0) is 18.4. The zero-order valence-corrected chi connectivity index (χ0v) is 15.3. The second-order valence-electron chi connectivity index (χ2n) is 5.80. The lowest BCUT2D eigenvalue weighted by atomic mass is 10.1. The van der Waals surface area contributed by atoms with Crippen molar-refractivity contribution in [3.63, 3.8) is 0 Å². The van der Waals surface area contributed by atoms with Crippen molar-refractivity contribution < 1.29 is 18.3 Å². The molecular weight excluding hydrogens is 344 g/mol. The van der Waals surface area contributed by atoms with Crippen molar-refractivity contribution in [2.24, 2.45) is 0 Å². The topological polar surface area (TPSA) is 29.5 Å². The van der Waals surface area contributed by atoms with E-state index in [9.17, 15) is 13.6 Å². The van der Waals surface area contributed by atoms with Crippen LogP contribution in [0.4, 0.5) is 8.78 Å². The van der Waals surface area contributed by atoms with Crippen LogP contribution in [0.25, 0.3) is 0 Å². The molecule has 0 fully saturated rings. The highest BCUT2D eigenvalue weighted by atomic mass is 32.2. The summed E-state index contributed by atoms with van der Waals surface area (Å²) in [6.07, 6.45) is 0. The lowest BCUT2D eigenvalue weighted by Crippen LogP contribution is -2.30. The highest BCUT2D eigenvalue weighted by Crippen LogP contribution is 2.25. The molecule has 0 aliphatic heterocycles. The van der Waals surface area contributed by atoms with E-state index in [-0.39, 0.29) is 5.91 Å². The Labute approximate surface area is 151 Å². The van der Waals surface area contributed by atoms with Crippen molar-refractivity contribution >= 4 is 17.7 Å². The Morgan fingerprint density at radius 3 is 2.28 bits per heavy atom. The number of ether oxygens (including phenoxy) is 1. The van der Waals surface area contributed by atoms with E-state index in [1.165, 1.54) is 12.1 Å². The van der Waals surface area contributed by atoms with E-state index in [0.717, 1.165) is 16.9 Å². The van der Waals surface area contributed by atoms with Crippen LogP contribution in [0.2, 0.25) is 0 Å². The predicted molar refractivity (Wildman–Crippen MR) is 96.7 cm³/mol. The van der Waals surface area contributed by atoms with Crippen LogP contribution in [0, 0.1) is 13.8 Å². The minimum Gasteiger partial charge on any atom is -0.492 e. The van der Waals surface area contributed by atoms with Gasteiger partial charge in [-0.25, -0.2) is 0 Å². The molecule has 0 radical (unpaired) electrons. The number of alkyl halides is 2. The summed E-state index contributed by atoms with van der Waals surface area (Å²) in [5, 5.41) is 0. The average molecular weight is 365 g/mol. The number of carbonyl (C=O) groups is 1. The minimum absolute atomic E-state index is 0.169. The smallest absolute Gasteiger partial charge is 0.288 e. The molecule has 1 amide bonds. The molecule has 0 spiro atoms. The highest BCUT2D eigenvalue weighted by molar-refractivity contribution is 7.99. The normalized spacial score (nSPS) is 10.8. The minimum atomic E-state index is -2.47. The van der Waals surface area contributed by atoms with E-state index in [1.807, 2.05) is 26.0 Å². The summed E-state index contributed by atoms with van der Waals surface area (Å²) >= 11 is 0.463. The summed E-state index contributed by atoms with van der Waals surface area (Å²) in [7, 11) is 1.69. The van der Waals surface area contributed by atoms with Crippen molar-refractivity contribution in [2.45, 2.75) is 24.5 Å². The van der Waals surface area contributed by atoms with Gasteiger partial charge in [-0.1, -0.05) is 17.8 Å². The first-order valence-electron chi connectivity index (χ1n) is 7.86.